The topological polar surface area (TPSA) is 29.1 Å². The van der Waals surface area contributed by atoms with Gasteiger partial charge in [0, 0.05) is 12.0 Å². The van der Waals surface area contributed by atoms with E-state index in [-0.39, 0.29) is 5.91 Å². The first-order chi connectivity index (χ1) is 6.61. The molecule has 0 saturated heterocycles. The molecule has 1 atom stereocenters. The summed E-state index contributed by atoms with van der Waals surface area (Å²) in [5.41, 5.74) is 0. The molecule has 1 N–H and O–H groups in total. The van der Waals surface area contributed by atoms with Crippen LogP contribution in [0.1, 0.15) is 52.9 Å². The first kappa shape index (κ1) is 11.5. The quantitative estimate of drug-likeness (QED) is 0.740. The summed E-state index contributed by atoms with van der Waals surface area (Å²) in [4.78, 5) is 11.8. The first-order valence-corrected chi connectivity index (χ1v) is 5.91. The Kier molecular flexibility index (Phi) is 4.43. The van der Waals surface area contributed by atoms with Gasteiger partial charge in [-0.2, -0.15) is 0 Å². The third kappa shape index (κ3) is 3.32. The smallest absolute Gasteiger partial charge is 0.223 e. The molecule has 1 unspecified atom stereocenters. The van der Waals surface area contributed by atoms with Gasteiger partial charge in [-0.1, -0.05) is 33.1 Å². The van der Waals surface area contributed by atoms with E-state index in [4.69, 9.17) is 0 Å². The fraction of sp³-hybridized carbons (Fsp3) is 0.917. The second-order valence-electron chi connectivity index (χ2n) is 4.88. The number of hydrogen-bond acceptors (Lipinski definition) is 1. The largest absolute Gasteiger partial charge is 0.353 e. The molecule has 1 aliphatic rings. The van der Waals surface area contributed by atoms with Gasteiger partial charge in [0.1, 0.15) is 0 Å². The number of carbonyl (C=O) groups excluding carboxylic acids is 1. The molecule has 1 fully saturated rings. The van der Waals surface area contributed by atoms with Crippen LogP contribution in [0, 0.1) is 11.8 Å². The number of amides is 1. The molecule has 0 bridgehead atoms. The Labute approximate surface area is 87.5 Å². The molecule has 0 aliphatic heterocycles. The average Bonchev–Trinajstić information content (AvgIpc) is 2.19. The average molecular weight is 197 g/mol. The summed E-state index contributed by atoms with van der Waals surface area (Å²) >= 11 is 0. The van der Waals surface area contributed by atoms with Crippen LogP contribution >= 0.6 is 0 Å². The lowest BCUT2D eigenvalue weighted by Gasteiger charge is -2.24. The Morgan fingerprint density at radius 2 is 1.71 bits per heavy atom. The summed E-state index contributed by atoms with van der Waals surface area (Å²) in [6.45, 7) is 6.38. The molecule has 0 aromatic carbocycles. The zero-order chi connectivity index (χ0) is 10.6. The first-order valence-electron chi connectivity index (χ1n) is 5.91. The summed E-state index contributed by atoms with van der Waals surface area (Å²) in [6, 6.07) is 0.310. The molecule has 0 radical (unpaired) electrons. The Bertz CT molecular complexity index is 183. The van der Waals surface area contributed by atoms with E-state index in [1.807, 2.05) is 0 Å². The van der Waals surface area contributed by atoms with Crippen molar-refractivity contribution in [2.24, 2.45) is 11.8 Å². The molecule has 1 amide bonds. The Hall–Kier alpha value is -0.530. The van der Waals surface area contributed by atoms with E-state index in [0.29, 0.717) is 17.9 Å². The SMILES string of the molecule is CC(C)C(C)NC(=O)C1CCCCC1. The zero-order valence-electron chi connectivity index (χ0n) is 9.68. The maximum Gasteiger partial charge on any atom is 0.223 e. The van der Waals surface area contributed by atoms with E-state index in [1.165, 1.54) is 19.3 Å². The van der Waals surface area contributed by atoms with E-state index < -0.39 is 0 Å². The van der Waals surface area contributed by atoms with Gasteiger partial charge in [0.2, 0.25) is 5.91 Å². The molecular formula is C12H23NO. The van der Waals surface area contributed by atoms with Crippen LogP contribution in [0.5, 0.6) is 0 Å². The highest BCUT2D eigenvalue weighted by atomic mass is 16.1. The lowest BCUT2D eigenvalue weighted by atomic mass is 9.88. The van der Waals surface area contributed by atoms with E-state index in [1.54, 1.807) is 0 Å². The van der Waals surface area contributed by atoms with Gasteiger partial charge in [-0.05, 0) is 25.7 Å². The van der Waals surface area contributed by atoms with Gasteiger partial charge in [-0.25, -0.2) is 0 Å². The van der Waals surface area contributed by atoms with Crippen LogP contribution in [-0.4, -0.2) is 11.9 Å². The Morgan fingerprint density at radius 3 is 2.21 bits per heavy atom. The molecule has 2 heteroatoms. The molecule has 14 heavy (non-hydrogen) atoms. The van der Waals surface area contributed by atoms with Crippen molar-refractivity contribution < 1.29 is 4.79 Å². The van der Waals surface area contributed by atoms with Crippen molar-refractivity contribution in [1.29, 1.82) is 0 Å². The van der Waals surface area contributed by atoms with E-state index in [2.05, 4.69) is 26.1 Å². The van der Waals surface area contributed by atoms with Gasteiger partial charge in [-0.15, -0.1) is 0 Å². The fourth-order valence-electron chi connectivity index (χ4n) is 1.87. The van der Waals surface area contributed by atoms with Crippen LogP contribution in [0.25, 0.3) is 0 Å². The molecule has 0 spiro atoms. The molecule has 0 heterocycles. The highest BCUT2D eigenvalue weighted by molar-refractivity contribution is 5.78. The van der Waals surface area contributed by atoms with Crippen LogP contribution < -0.4 is 5.32 Å². The molecule has 2 nitrogen and oxygen atoms in total. The van der Waals surface area contributed by atoms with E-state index >= 15 is 0 Å². The minimum absolute atomic E-state index is 0.283. The normalized spacial score (nSPS) is 20.9. The maximum atomic E-state index is 11.8. The van der Waals surface area contributed by atoms with Crippen LogP contribution in [0.4, 0.5) is 0 Å². The number of hydrogen-bond donors (Lipinski definition) is 1. The van der Waals surface area contributed by atoms with Crippen molar-refractivity contribution in [3.63, 3.8) is 0 Å². The molecule has 1 saturated carbocycles. The van der Waals surface area contributed by atoms with Gasteiger partial charge in [0.05, 0.1) is 0 Å². The minimum atomic E-state index is 0.283. The van der Waals surface area contributed by atoms with Crippen molar-refractivity contribution in [3.05, 3.63) is 0 Å². The molecule has 1 aliphatic carbocycles. The highest BCUT2D eigenvalue weighted by Gasteiger charge is 2.22. The van der Waals surface area contributed by atoms with Crippen molar-refractivity contribution in [2.45, 2.75) is 58.9 Å². The second-order valence-corrected chi connectivity index (χ2v) is 4.88. The van der Waals surface area contributed by atoms with Crippen LogP contribution in [0.3, 0.4) is 0 Å². The standard InChI is InChI=1S/C12H23NO/c1-9(2)10(3)13-12(14)11-7-5-4-6-8-11/h9-11H,4-8H2,1-3H3,(H,13,14). The lowest BCUT2D eigenvalue weighted by Crippen LogP contribution is -2.40. The van der Waals surface area contributed by atoms with Crippen molar-refractivity contribution in [3.8, 4) is 0 Å². The van der Waals surface area contributed by atoms with Gasteiger partial charge in [0.15, 0.2) is 0 Å². The fourth-order valence-corrected chi connectivity index (χ4v) is 1.87. The Morgan fingerprint density at radius 1 is 1.14 bits per heavy atom. The minimum Gasteiger partial charge on any atom is -0.353 e. The molecule has 0 aromatic heterocycles. The summed E-state index contributed by atoms with van der Waals surface area (Å²) in [6.07, 6.45) is 5.96. The lowest BCUT2D eigenvalue weighted by molar-refractivity contribution is -0.126. The third-order valence-corrected chi connectivity index (χ3v) is 3.35. The summed E-state index contributed by atoms with van der Waals surface area (Å²) < 4.78 is 0. The maximum absolute atomic E-state index is 11.8. The molecule has 1 rings (SSSR count). The summed E-state index contributed by atoms with van der Waals surface area (Å²) in [5, 5.41) is 3.11. The molecular weight excluding hydrogens is 174 g/mol. The van der Waals surface area contributed by atoms with Crippen molar-refractivity contribution in [1.82, 2.24) is 5.32 Å². The predicted molar refractivity (Wildman–Crippen MR) is 59.0 cm³/mol. The zero-order valence-corrected chi connectivity index (χ0v) is 9.68. The van der Waals surface area contributed by atoms with Gasteiger partial charge < -0.3 is 5.32 Å². The van der Waals surface area contributed by atoms with Gasteiger partial charge in [-0.3, -0.25) is 4.79 Å². The molecule has 82 valence electrons. The van der Waals surface area contributed by atoms with Gasteiger partial charge >= 0.3 is 0 Å². The van der Waals surface area contributed by atoms with Gasteiger partial charge in [0.25, 0.3) is 0 Å². The summed E-state index contributed by atoms with van der Waals surface area (Å²) in [7, 11) is 0. The number of carbonyl (C=O) groups is 1. The van der Waals surface area contributed by atoms with Crippen molar-refractivity contribution >= 4 is 5.91 Å². The third-order valence-electron chi connectivity index (χ3n) is 3.35. The van der Waals surface area contributed by atoms with Crippen molar-refractivity contribution in [2.75, 3.05) is 0 Å². The molecule has 0 aromatic rings. The van der Waals surface area contributed by atoms with E-state index in [0.717, 1.165) is 12.8 Å². The second kappa shape index (κ2) is 5.38. The number of nitrogens with one attached hydrogen (secondary N) is 1. The van der Waals surface area contributed by atoms with Crippen LogP contribution in [0.15, 0.2) is 0 Å². The van der Waals surface area contributed by atoms with E-state index in [9.17, 15) is 4.79 Å². The predicted octanol–water partition coefficient (Wildman–Crippen LogP) is 2.73. The summed E-state index contributed by atoms with van der Waals surface area (Å²) in [5.74, 6) is 1.11. The monoisotopic (exact) mass is 197 g/mol. The number of rotatable bonds is 3. The highest BCUT2D eigenvalue weighted by Crippen LogP contribution is 2.23. The van der Waals surface area contributed by atoms with Crippen LogP contribution in [0.2, 0.25) is 0 Å². The Balaban J connectivity index is 2.33. The van der Waals surface area contributed by atoms with Crippen LogP contribution in [-0.2, 0) is 4.79 Å².